The zero-order valence-electron chi connectivity index (χ0n) is 14.3. The third-order valence-electron chi connectivity index (χ3n) is 3.31. The molecule has 2 aromatic rings. The van der Waals surface area contributed by atoms with Crippen molar-refractivity contribution < 1.29 is 27.6 Å². The quantitative estimate of drug-likeness (QED) is 0.594. The number of hydrogen-bond acceptors (Lipinski definition) is 5. The van der Waals surface area contributed by atoms with E-state index in [0.717, 1.165) is 10.7 Å². The second kappa shape index (κ2) is 7.43. The Hall–Kier alpha value is -2.82. The van der Waals surface area contributed by atoms with Crippen molar-refractivity contribution in [2.24, 2.45) is 0 Å². The molecule has 0 aliphatic heterocycles. The van der Waals surface area contributed by atoms with Gasteiger partial charge in [0.25, 0.3) is 5.88 Å². The van der Waals surface area contributed by atoms with Crippen LogP contribution >= 0.6 is 11.6 Å². The molecule has 146 valence electrons. The number of carbonyl (C=O) groups is 1. The zero-order chi connectivity index (χ0) is 20.5. The number of hydrogen-bond donors (Lipinski definition) is 1. The maximum Gasteiger partial charge on any atom is 0.416 e. The molecular weight excluding hydrogens is 393 g/mol. The number of nitro groups is 1. The van der Waals surface area contributed by atoms with Crippen LogP contribution in [0.2, 0.25) is 5.02 Å². The average molecular weight is 407 g/mol. The summed E-state index contributed by atoms with van der Waals surface area (Å²) in [4.78, 5) is 22.2. The Balaban J connectivity index is 2.43. The van der Waals surface area contributed by atoms with E-state index in [1.54, 1.807) is 13.8 Å². The maximum atomic E-state index is 12.8. The van der Waals surface area contributed by atoms with E-state index in [1.807, 2.05) is 0 Å². The van der Waals surface area contributed by atoms with Gasteiger partial charge in [0, 0.05) is 12.1 Å². The second-order valence-corrected chi connectivity index (χ2v) is 6.14. The van der Waals surface area contributed by atoms with E-state index in [0.29, 0.717) is 12.1 Å². The molecule has 1 aromatic heterocycles. The molecule has 0 unspecified atom stereocenters. The Morgan fingerprint density at radius 3 is 2.56 bits per heavy atom. The SMILES string of the molecule is Cc1c(Cl)c(Oc2ccc(C(F)(F)F)cc2[N+](=O)[O-])nn1C(=O)NC(C)C. The summed E-state index contributed by atoms with van der Waals surface area (Å²) in [5.74, 6) is -0.847. The van der Waals surface area contributed by atoms with Gasteiger partial charge in [-0.2, -0.15) is 17.9 Å². The zero-order valence-corrected chi connectivity index (χ0v) is 15.1. The Labute approximate surface area is 156 Å². The van der Waals surface area contributed by atoms with Crippen molar-refractivity contribution in [3.05, 3.63) is 44.6 Å². The number of aromatic nitrogens is 2. The number of nitro benzene ring substituents is 1. The van der Waals surface area contributed by atoms with Crippen molar-refractivity contribution in [2.75, 3.05) is 0 Å². The van der Waals surface area contributed by atoms with Gasteiger partial charge >= 0.3 is 17.9 Å². The fourth-order valence-corrected chi connectivity index (χ4v) is 2.21. The number of nitrogens with zero attached hydrogens (tertiary/aromatic N) is 3. The predicted octanol–water partition coefficient (Wildman–Crippen LogP) is 4.53. The molecule has 0 saturated heterocycles. The van der Waals surface area contributed by atoms with Gasteiger partial charge in [0.15, 0.2) is 0 Å². The summed E-state index contributed by atoms with van der Waals surface area (Å²) in [6.45, 7) is 4.91. The standard InChI is InChI=1S/C15H14ClF3N4O4/c1-7(2)20-14(24)22-8(3)12(16)13(21-22)27-11-5-4-9(15(17,18)19)6-10(11)23(25)26/h4-7H,1-3H3,(H,20,24). The molecule has 0 saturated carbocycles. The molecule has 1 aromatic carbocycles. The number of benzene rings is 1. The highest BCUT2D eigenvalue weighted by Crippen LogP contribution is 2.39. The number of alkyl halides is 3. The van der Waals surface area contributed by atoms with E-state index in [-0.39, 0.29) is 22.6 Å². The molecule has 0 atom stereocenters. The molecular formula is C15H14ClF3N4O4. The van der Waals surface area contributed by atoms with Crippen LogP contribution in [0.5, 0.6) is 11.6 Å². The molecule has 2 rings (SSSR count). The highest BCUT2D eigenvalue weighted by molar-refractivity contribution is 6.32. The van der Waals surface area contributed by atoms with Crippen LogP contribution < -0.4 is 10.1 Å². The molecule has 0 radical (unpaired) electrons. The first kappa shape index (κ1) is 20.5. The molecule has 0 aliphatic rings. The number of nitrogens with one attached hydrogen (secondary N) is 1. The lowest BCUT2D eigenvalue weighted by atomic mass is 10.2. The number of amides is 1. The first-order valence-electron chi connectivity index (χ1n) is 7.51. The molecule has 0 aliphatic carbocycles. The third-order valence-corrected chi connectivity index (χ3v) is 3.74. The lowest BCUT2D eigenvalue weighted by Crippen LogP contribution is -2.35. The minimum absolute atomic E-state index is 0.108. The van der Waals surface area contributed by atoms with E-state index in [4.69, 9.17) is 16.3 Å². The first-order valence-corrected chi connectivity index (χ1v) is 7.89. The van der Waals surface area contributed by atoms with Crippen LogP contribution in [0.3, 0.4) is 0 Å². The van der Waals surface area contributed by atoms with Crippen LogP contribution in [0.25, 0.3) is 0 Å². The number of halogens is 4. The largest absolute Gasteiger partial charge is 0.429 e. The molecule has 1 amide bonds. The lowest BCUT2D eigenvalue weighted by Gasteiger charge is -2.09. The van der Waals surface area contributed by atoms with Gasteiger partial charge in [0.1, 0.15) is 5.02 Å². The molecule has 0 fully saturated rings. The minimum Gasteiger partial charge on any atom is -0.429 e. The van der Waals surface area contributed by atoms with Gasteiger partial charge in [-0.15, -0.1) is 5.10 Å². The van der Waals surface area contributed by atoms with Crippen LogP contribution in [0.15, 0.2) is 18.2 Å². The summed E-state index contributed by atoms with van der Waals surface area (Å²) in [7, 11) is 0. The van der Waals surface area contributed by atoms with Gasteiger partial charge in [0.05, 0.1) is 16.2 Å². The van der Waals surface area contributed by atoms with Crippen LogP contribution in [0.1, 0.15) is 25.1 Å². The van der Waals surface area contributed by atoms with E-state index in [1.165, 1.54) is 6.92 Å². The molecule has 0 spiro atoms. The van der Waals surface area contributed by atoms with E-state index in [2.05, 4.69) is 10.4 Å². The van der Waals surface area contributed by atoms with Crippen molar-refractivity contribution in [1.82, 2.24) is 15.1 Å². The van der Waals surface area contributed by atoms with Gasteiger partial charge in [-0.3, -0.25) is 10.1 Å². The van der Waals surface area contributed by atoms with Gasteiger partial charge in [-0.1, -0.05) is 11.6 Å². The molecule has 1 N–H and O–H groups in total. The van der Waals surface area contributed by atoms with E-state index in [9.17, 15) is 28.1 Å². The number of rotatable bonds is 4. The predicted molar refractivity (Wildman–Crippen MR) is 89.2 cm³/mol. The van der Waals surface area contributed by atoms with Crippen molar-refractivity contribution in [3.8, 4) is 11.6 Å². The third kappa shape index (κ3) is 4.48. The van der Waals surface area contributed by atoms with Gasteiger partial charge in [0.2, 0.25) is 5.75 Å². The van der Waals surface area contributed by atoms with Crippen LogP contribution in [-0.4, -0.2) is 26.8 Å². The van der Waals surface area contributed by atoms with E-state index >= 15 is 0 Å². The van der Waals surface area contributed by atoms with Crippen LogP contribution in [-0.2, 0) is 6.18 Å². The second-order valence-electron chi connectivity index (χ2n) is 5.76. The lowest BCUT2D eigenvalue weighted by molar-refractivity contribution is -0.385. The molecule has 12 heteroatoms. The van der Waals surface area contributed by atoms with Crippen molar-refractivity contribution in [2.45, 2.75) is 33.0 Å². The van der Waals surface area contributed by atoms with Crippen molar-refractivity contribution >= 4 is 23.3 Å². The number of ether oxygens (including phenoxy) is 1. The Morgan fingerprint density at radius 1 is 1.41 bits per heavy atom. The van der Waals surface area contributed by atoms with Gasteiger partial charge in [-0.25, -0.2) is 4.79 Å². The topological polar surface area (TPSA) is 99.3 Å². The van der Waals surface area contributed by atoms with Crippen molar-refractivity contribution in [3.63, 3.8) is 0 Å². The maximum absolute atomic E-state index is 12.8. The normalized spacial score (nSPS) is 11.6. The monoisotopic (exact) mass is 406 g/mol. The summed E-state index contributed by atoms with van der Waals surface area (Å²) in [6.07, 6.45) is -4.76. The Morgan fingerprint density at radius 2 is 2.04 bits per heavy atom. The van der Waals surface area contributed by atoms with Crippen LogP contribution in [0, 0.1) is 17.0 Å². The van der Waals surface area contributed by atoms with Crippen LogP contribution in [0.4, 0.5) is 23.7 Å². The summed E-state index contributed by atoms with van der Waals surface area (Å²) in [5.41, 5.74) is -1.93. The Kier molecular flexibility index (Phi) is 5.64. The molecule has 8 nitrogen and oxygen atoms in total. The minimum atomic E-state index is -4.76. The molecule has 27 heavy (non-hydrogen) atoms. The number of carbonyl (C=O) groups excluding carboxylic acids is 1. The highest BCUT2D eigenvalue weighted by atomic mass is 35.5. The first-order chi connectivity index (χ1) is 12.4. The van der Waals surface area contributed by atoms with E-state index < -0.39 is 34.1 Å². The summed E-state index contributed by atoms with van der Waals surface area (Å²) < 4.78 is 44.4. The molecule has 0 bridgehead atoms. The van der Waals surface area contributed by atoms with Gasteiger partial charge in [-0.05, 0) is 32.9 Å². The highest BCUT2D eigenvalue weighted by Gasteiger charge is 2.34. The fraction of sp³-hybridized carbons (Fsp3) is 0.333. The van der Waals surface area contributed by atoms with Gasteiger partial charge < -0.3 is 10.1 Å². The summed E-state index contributed by atoms with van der Waals surface area (Å²) in [5, 5.41) is 17.4. The summed E-state index contributed by atoms with van der Waals surface area (Å²) in [6, 6.07) is 0.964. The van der Waals surface area contributed by atoms with Crippen molar-refractivity contribution in [1.29, 1.82) is 0 Å². The summed E-state index contributed by atoms with van der Waals surface area (Å²) >= 11 is 6.04. The molecule has 1 heterocycles. The Bertz CT molecular complexity index is 896. The average Bonchev–Trinajstić information content (AvgIpc) is 2.82. The fourth-order valence-electron chi connectivity index (χ4n) is 2.06. The smallest absolute Gasteiger partial charge is 0.416 e.